The van der Waals surface area contributed by atoms with Gasteiger partial charge in [0.1, 0.15) is 12.7 Å². The van der Waals surface area contributed by atoms with Crippen molar-refractivity contribution in [2.45, 2.75) is 43.6 Å². The van der Waals surface area contributed by atoms with Crippen molar-refractivity contribution in [3.63, 3.8) is 0 Å². The smallest absolute Gasteiger partial charge is 0.454 e. The van der Waals surface area contributed by atoms with E-state index < -0.39 is 75.3 Å². The number of hydrogen-bond acceptors (Lipinski definition) is 10. The van der Waals surface area contributed by atoms with E-state index in [1.165, 1.54) is 0 Å². The maximum absolute atomic E-state index is 16.1. The molecule has 0 unspecified atom stereocenters. The number of phosphoric ester groups is 1. The molecule has 0 saturated carbocycles. The summed E-state index contributed by atoms with van der Waals surface area (Å²) in [5.74, 6) is -1.13. The number of ether oxygens (including phenoxy) is 3. The number of aromatic amines is 1. The topological polar surface area (TPSA) is 144 Å². The second-order valence-electron chi connectivity index (χ2n) is 8.58. The maximum Gasteiger partial charge on any atom is 0.475 e. The number of alkyl halides is 2. The highest BCUT2D eigenvalue weighted by molar-refractivity contribution is 7.48. The molecule has 2 aliphatic heterocycles. The van der Waals surface area contributed by atoms with Crippen molar-refractivity contribution in [2.75, 3.05) is 26.7 Å². The molecule has 0 bridgehead atoms. The van der Waals surface area contributed by atoms with Gasteiger partial charge in [-0.2, -0.15) is 0 Å². The Hall–Kier alpha value is -2.45. The molecule has 1 aromatic carbocycles. The summed E-state index contributed by atoms with van der Waals surface area (Å²) in [5, 5.41) is 0.444. The molecule has 1 N–H and O–H groups in total. The first kappa shape index (κ1) is 28.6. The van der Waals surface area contributed by atoms with Gasteiger partial charge in [0, 0.05) is 23.7 Å². The van der Waals surface area contributed by atoms with Crippen molar-refractivity contribution in [1.82, 2.24) is 9.55 Å². The molecule has 0 amide bonds. The van der Waals surface area contributed by atoms with Gasteiger partial charge in [0.25, 0.3) is 5.56 Å². The van der Waals surface area contributed by atoms with Gasteiger partial charge < -0.3 is 14.2 Å². The fourth-order valence-electron chi connectivity index (χ4n) is 4.12. The van der Waals surface area contributed by atoms with Crippen LogP contribution in [0.15, 0.2) is 46.1 Å². The lowest BCUT2D eigenvalue weighted by molar-refractivity contribution is -0.165. The summed E-state index contributed by atoms with van der Waals surface area (Å²) in [4.78, 5) is 37.9. The van der Waals surface area contributed by atoms with Gasteiger partial charge in [0.15, 0.2) is 24.9 Å². The number of hydrogen-bond donors (Lipinski definition) is 1. The monoisotopic (exact) mass is 580 g/mol. The number of aromatic nitrogens is 2. The number of rotatable bonds is 9. The molecule has 2 saturated heterocycles. The van der Waals surface area contributed by atoms with Crippen LogP contribution in [0.25, 0.3) is 0 Å². The van der Waals surface area contributed by atoms with E-state index in [0.29, 0.717) is 17.0 Å². The Labute approximate surface area is 219 Å². The first-order valence-corrected chi connectivity index (χ1v) is 13.2. The largest absolute Gasteiger partial charge is 0.475 e. The fourth-order valence-corrected chi connectivity index (χ4v) is 5.71. The van der Waals surface area contributed by atoms with Crippen LogP contribution in [0.2, 0.25) is 5.02 Å². The minimum atomic E-state index is -4.21. The first-order chi connectivity index (χ1) is 18.0. The molecule has 208 valence electrons. The van der Waals surface area contributed by atoms with Crippen LogP contribution in [0.4, 0.5) is 8.78 Å². The van der Waals surface area contributed by atoms with Crippen molar-refractivity contribution in [3.05, 3.63) is 68.0 Å². The summed E-state index contributed by atoms with van der Waals surface area (Å²) in [6.07, 6.45) is -4.20. The quantitative estimate of drug-likeness (QED) is 0.347. The molecule has 0 spiro atoms. The van der Waals surface area contributed by atoms with Gasteiger partial charge in [0.05, 0.1) is 19.3 Å². The molecule has 38 heavy (non-hydrogen) atoms. The van der Waals surface area contributed by atoms with Gasteiger partial charge in [-0.25, -0.2) is 22.9 Å². The van der Waals surface area contributed by atoms with Gasteiger partial charge in [-0.3, -0.25) is 27.9 Å². The van der Waals surface area contributed by atoms with Gasteiger partial charge in [-0.1, -0.05) is 23.7 Å². The zero-order valence-corrected chi connectivity index (χ0v) is 21.6. The van der Waals surface area contributed by atoms with Gasteiger partial charge in [-0.05, 0) is 24.6 Å². The number of halogens is 3. The lowest BCUT2D eigenvalue weighted by Gasteiger charge is -2.30. The van der Waals surface area contributed by atoms with E-state index in [0.717, 1.165) is 23.8 Å². The third-order valence-corrected chi connectivity index (χ3v) is 7.55. The van der Waals surface area contributed by atoms with Gasteiger partial charge in [-0.15, -0.1) is 0 Å². The SMILES string of the molecule is C[C@@]1(F)[C@H](OC(=O)COCF)[C@@H](CO[P@@]2(=O)OCC[C@@H](c3cccc(Cl)c3)O2)O[C@H]1n1ccc(=O)[nH]c1=O. The molecule has 0 radical (unpaired) electrons. The Morgan fingerprint density at radius 3 is 2.84 bits per heavy atom. The second kappa shape index (κ2) is 11.7. The summed E-state index contributed by atoms with van der Waals surface area (Å²) in [5.41, 5.74) is -3.66. The molecular formula is C22H24ClF2N2O10P. The number of benzene rings is 1. The maximum atomic E-state index is 16.1. The zero-order valence-electron chi connectivity index (χ0n) is 19.9. The average Bonchev–Trinajstić information content (AvgIpc) is 3.11. The molecule has 4 rings (SSSR count). The number of nitrogens with zero attached hydrogens (tertiary/aromatic N) is 1. The molecule has 2 fully saturated rings. The molecule has 2 aliphatic rings. The van der Waals surface area contributed by atoms with Crippen molar-refractivity contribution in [1.29, 1.82) is 0 Å². The third-order valence-electron chi connectivity index (χ3n) is 5.84. The number of nitrogens with one attached hydrogen (secondary N) is 1. The van der Waals surface area contributed by atoms with E-state index in [9.17, 15) is 23.3 Å². The van der Waals surface area contributed by atoms with E-state index in [2.05, 4.69) is 4.74 Å². The Morgan fingerprint density at radius 1 is 1.34 bits per heavy atom. The van der Waals surface area contributed by atoms with Crippen LogP contribution in [-0.2, 0) is 37.1 Å². The van der Waals surface area contributed by atoms with Crippen molar-refractivity contribution in [2.24, 2.45) is 0 Å². The van der Waals surface area contributed by atoms with Crippen molar-refractivity contribution < 1.29 is 45.9 Å². The van der Waals surface area contributed by atoms with E-state index in [4.69, 9.17) is 34.6 Å². The molecular weight excluding hydrogens is 557 g/mol. The summed E-state index contributed by atoms with van der Waals surface area (Å²) >= 11 is 6.03. The highest BCUT2D eigenvalue weighted by Crippen LogP contribution is 2.57. The lowest BCUT2D eigenvalue weighted by atomic mass is 9.98. The van der Waals surface area contributed by atoms with Gasteiger partial charge >= 0.3 is 19.5 Å². The normalized spacial score (nSPS) is 31.3. The highest BCUT2D eigenvalue weighted by atomic mass is 35.5. The van der Waals surface area contributed by atoms with Crippen LogP contribution >= 0.6 is 19.4 Å². The molecule has 2 aromatic rings. The summed E-state index contributed by atoms with van der Waals surface area (Å²) in [7, 11) is -4.21. The van der Waals surface area contributed by atoms with Crippen molar-refractivity contribution in [3.8, 4) is 0 Å². The number of carbonyl (C=O) groups is 1. The van der Waals surface area contributed by atoms with Crippen LogP contribution in [0.1, 0.15) is 31.2 Å². The van der Waals surface area contributed by atoms with Crippen LogP contribution in [0.5, 0.6) is 0 Å². The Balaban J connectivity index is 1.54. The number of carbonyl (C=O) groups excluding carboxylic acids is 1. The van der Waals surface area contributed by atoms with Crippen molar-refractivity contribution >= 4 is 25.4 Å². The number of H-pyrrole nitrogens is 1. The molecule has 6 atom stereocenters. The van der Waals surface area contributed by atoms with E-state index >= 15 is 4.39 Å². The zero-order chi connectivity index (χ0) is 27.5. The summed E-state index contributed by atoms with van der Waals surface area (Å²) in [6.45, 7) is -1.76. The number of esters is 1. The Kier molecular flexibility index (Phi) is 8.82. The van der Waals surface area contributed by atoms with E-state index in [-0.39, 0.29) is 6.61 Å². The Bertz CT molecular complexity index is 1320. The van der Waals surface area contributed by atoms with E-state index in [1.54, 1.807) is 24.3 Å². The summed E-state index contributed by atoms with van der Waals surface area (Å²) < 4.78 is 73.8. The molecule has 16 heteroatoms. The van der Waals surface area contributed by atoms with Crippen LogP contribution in [0, 0.1) is 0 Å². The van der Waals surface area contributed by atoms with Crippen LogP contribution in [-0.4, -0.2) is 60.1 Å². The van der Waals surface area contributed by atoms with Gasteiger partial charge in [0.2, 0.25) is 0 Å². The fraction of sp³-hybridized carbons (Fsp3) is 0.500. The molecule has 1 aromatic heterocycles. The van der Waals surface area contributed by atoms with E-state index in [1.807, 2.05) is 4.98 Å². The third kappa shape index (κ3) is 6.40. The van der Waals surface area contributed by atoms with Crippen LogP contribution in [0.3, 0.4) is 0 Å². The first-order valence-electron chi connectivity index (χ1n) is 11.3. The minimum absolute atomic E-state index is 0.00912. The second-order valence-corrected chi connectivity index (χ2v) is 10.6. The average molecular weight is 581 g/mol. The minimum Gasteiger partial charge on any atom is -0.454 e. The van der Waals surface area contributed by atoms with Crippen LogP contribution < -0.4 is 11.2 Å². The highest BCUT2D eigenvalue weighted by Gasteiger charge is 2.58. The molecule has 12 nitrogen and oxygen atoms in total. The predicted molar refractivity (Wildman–Crippen MR) is 126 cm³/mol. The predicted octanol–water partition coefficient (Wildman–Crippen LogP) is 2.97. The summed E-state index contributed by atoms with van der Waals surface area (Å²) in [6, 6.07) is 7.69. The number of phosphoric acid groups is 1. The molecule has 3 heterocycles. The standard InChI is InChI=1S/C22H24ClF2N2O10P/c1-22(25)19(36-18(29)11-32-12-24)16(35-20(22)27-7-5-17(28)26-21(27)30)10-34-38(31)33-8-6-15(37-38)13-3-2-4-14(23)9-13/h2-5,7,9,15-16,19-20H,6,8,10-12H2,1H3,(H,26,28,30)/t15-,16+,19+,20+,22+,38+/m0/s1. The Morgan fingerprint density at radius 2 is 2.13 bits per heavy atom. The molecule has 0 aliphatic carbocycles. The lowest BCUT2D eigenvalue weighted by Crippen LogP contribution is -2.46.